The number of carboxylic acid groups (broad SMARTS) is 1. The molecule has 2 unspecified atom stereocenters. The summed E-state index contributed by atoms with van der Waals surface area (Å²) >= 11 is 0. The fraction of sp³-hybridized carbons (Fsp3) is 0.568. The smallest absolute Gasteiger partial charge is 0.362 e. The average molecular weight is 725 g/mol. The predicted molar refractivity (Wildman–Crippen MR) is 215 cm³/mol. The van der Waals surface area contributed by atoms with E-state index in [4.69, 9.17) is 14.2 Å². The monoisotopic (exact) mass is 725 g/mol. The minimum atomic E-state index is -0.896. The van der Waals surface area contributed by atoms with Gasteiger partial charge in [-0.05, 0) is 77.0 Å². The van der Waals surface area contributed by atoms with Gasteiger partial charge in [0.1, 0.15) is 6.61 Å². The molecule has 0 aromatic carbocycles. The zero-order valence-electron chi connectivity index (χ0n) is 33.0. The number of rotatable bonds is 32. The summed E-state index contributed by atoms with van der Waals surface area (Å²) in [4.78, 5) is 36.7. The number of esters is 2. The van der Waals surface area contributed by atoms with Crippen molar-refractivity contribution >= 4 is 17.9 Å². The predicted octanol–water partition coefficient (Wildman–Crippen LogP) is 9.96. The number of aliphatic carboxylic acids is 1. The van der Waals surface area contributed by atoms with Crippen LogP contribution >= 0.6 is 0 Å². The number of hydrogen-bond acceptors (Lipinski definition) is 6. The third-order valence-electron chi connectivity index (χ3n) is 7.74. The van der Waals surface area contributed by atoms with Gasteiger partial charge >= 0.3 is 17.9 Å². The highest BCUT2D eigenvalue weighted by Gasteiger charge is 2.31. The molecule has 2 atom stereocenters. The van der Waals surface area contributed by atoms with Crippen LogP contribution in [0.4, 0.5) is 0 Å². The molecule has 0 aromatic rings. The lowest BCUT2D eigenvalue weighted by molar-refractivity contribution is -0.887. The first-order valence-corrected chi connectivity index (χ1v) is 19.3. The van der Waals surface area contributed by atoms with Gasteiger partial charge in [0.05, 0.1) is 34.4 Å². The molecule has 8 nitrogen and oxygen atoms in total. The molecule has 1 N–H and O–H groups in total. The van der Waals surface area contributed by atoms with Gasteiger partial charge in [-0.1, -0.05) is 111 Å². The molecular formula is C44H70NO7+. The maximum Gasteiger partial charge on any atom is 0.362 e. The number of ether oxygens (including phenoxy) is 3. The average Bonchev–Trinajstić information content (AvgIpc) is 3.09. The van der Waals surface area contributed by atoms with Crippen molar-refractivity contribution in [3.8, 4) is 0 Å². The van der Waals surface area contributed by atoms with E-state index < -0.39 is 18.1 Å². The number of quaternary nitrogens is 1. The van der Waals surface area contributed by atoms with E-state index in [9.17, 15) is 19.5 Å². The van der Waals surface area contributed by atoms with Gasteiger partial charge in [-0.3, -0.25) is 9.59 Å². The summed E-state index contributed by atoms with van der Waals surface area (Å²) in [5.41, 5.74) is 0. The van der Waals surface area contributed by atoms with Crippen molar-refractivity contribution in [3.05, 3.63) is 97.2 Å². The lowest BCUT2D eigenvalue weighted by Gasteiger charge is -2.31. The van der Waals surface area contributed by atoms with Crippen molar-refractivity contribution in [2.75, 3.05) is 41.0 Å². The summed E-state index contributed by atoms with van der Waals surface area (Å²) in [5.74, 6) is -1.64. The Morgan fingerprint density at radius 1 is 0.577 bits per heavy atom. The molecule has 8 heteroatoms. The molecule has 292 valence electrons. The molecule has 0 aliphatic carbocycles. The lowest BCUT2D eigenvalue weighted by atomic mass is 10.1. The molecule has 0 spiro atoms. The number of carboxylic acids is 1. The number of unbranched alkanes of at least 4 members (excludes halogenated alkanes) is 2. The Bertz CT molecular complexity index is 1170. The minimum Gasteiger partial charge on any atom is -0.477 e. The third-order valence-corrected chi connectivity index (χ3v) is 7.74. The number of hydrogen-bond donors (Lipinski definition) is 1. The molecule has 0 radical (unpaired) electrons. The molecule has 0 saturated carbocycles. The fourth-order valence-corrected chi connectivity index (χ4v) is 4.80. The Hall–Kier alpha value is -3.75. The van der Waals surface area contributed by atoms with E-state index in [1.54, 1.807) is 0 Å². The highest BCUT2D eigenvalue weighted by Crippen LogP contribution is 2.10. The van der Waals surface area contributed by atoms with Crippen LogP contribution in [0.2, 0.25) is 0 Å². The summed E-state index contributed by atoms with van der Waals surface area (Å²) in [6.07, 6.45) is 44.9. The Balaban J connectivity index is 4.53. The standard InChI is InChI=1S/C44H69NO7/c1-6-8-10-12-14-16-17-18-19-20-21-22-23-24-25-27-28-30-32-34-42(46)51-39-40(38-50-37-36-41(44(48)49)45(3,4)5)52-43(47)35-33-31-29-26-15-13-11-9-7-2/h8-11,14-16,18-19,21-22,24-26,28,30,40-41H,6-7,12-13,17,20,23,27,29,31-39H2,1-5H3/p+1/b10-8+,11-9+,16-14+,19-18+,22-21+,25-24+,26-15+,30-28+. The van der Waals surface area contributed by atoms with Crippen molar-refractivity contribution < 1.29 is 38.2 Å². The first kappa shape index (κ1) is 48.2. The van der Waals surface area contributed by atoms with Crippen LogP contribution in [0.15, 0.2) is 97.2 Å². The SMILES string of the molecule is CC/C=C/C/C=C/C/C=C/C/C=C/C/C=C/C/C=C/CCC(=O)OCC(COCCC(C(=O)O)[N+](C)(C)C)OC(=O)CCCC/C=C/C/C=C/CC. The summed E-state index contributed by atoms with van der Waals surface area (Å²) in [5, 5.41) is 9.57. The number of allylic oxidation sites excluding steroid dienone is 16. The molecule has 0 aromatic heterocycles. The quantitative estimate of drug-likeness (QED) is 0.0319. The lowest BCUT2D eigenvalue weighted by Crippen LogP contribution is -2.50. The van der Waals surface area contributed by atoms with Crippen LogP contribution < -0.4 is 0 Å². The van der Waals surface area contributed by atoms with Gasteiger partial charge in [0, 0.05) is 19.3 Å². The number of carbonyl (C=O) groups excluding carboxylic acids is 2. The first-order chi connectivity index (χ1) is 25.1. The second-order valence-electron chi connectivity index (χ2n) is 13.4. The van der Waals surface area contributed by atoms with E-state index in [-0.39, 0.29) is 49.1 Å². The normalized spacial score (nSPS) is 14.1. The van der Waals surface area contributed by atoms with Crippen LogP contribution in [0, 0.1) is 0 Å². The number of nitrogens with zero attached hydrogens (tertiary/aromatic N) is 1. The van der Waals surface area contributed by atoms with E-state index in [1.807, 2.05) is 33.3 Å². The summed E-state index contributed by atoms with van der Waals surface area (Å²) in [7, 11) is 5.46. The maximum atomic E-state index is 12.6. The molecule has 0 rings (SSSR count). The molecule has 52 heavy (non-hydrogen) atoms. The second-order valence-corrected chi connectivity index (χ2v) is 13.4. The first-order valence-electron chi connectivity index (χ1n) is 19.3. The Labute approximate surface area is 316 Å². The largest absolute Gasteiger partial charge is 0.477 e. The van der Waals surface area contributed by atoms with E-state index in [0.29, 0.717) is 19.3 Å². The van der Waals surface area contributed by atoms with Crippen LogP contribution in [-0.4, -0.2) is 80.6 Å². The Morgan fingerprint density at radius 2 is 1.04 bits per heavy atom. The van der Waals surface area contributed by atoms with Crippen LogP contribution in [0.1, 0.15) is 110 Å². The van der Waals surface area contributed by atoms with Gasteiger partial charge in [0.15, 0.2) is 12.1 Å². The van der Waals surface area contributed by atoms with Gasteiger partial charge in [0.2, 0.25) is 0 Å². The Morgan fingerprint density at radius 3 is 1.50 bits per heavy atom. The highest BCUT2D eigenvalue weighted by molar-refractivity contribution is 5.72. The van der Waals surface area contributed by atoms with Gasteiger partial charge in [-0.2, -0.15) is 0 Å². The Kier molecular flexibility index (Phi) is 31.9. The topological polar surface area (TPSA) is 99.1 Å². The fourth-order valence-electron chi connectivity index (χ4n) is 4.80. The van der Waals surface area contributed by atoms with Crippen LogP contribution in [0.5, 0.6) is 0 Å². The molecule has 0 bridgehead atoms. The molecule has 0 aliphatic heterocycles. The van der Waals surface area contributed by atoms with Gasteiger partial charge in [-0.25, -0.2) is 4.79 Å². The summed E-state index contributed by atoms with van der Waals surface area (Å²) < 4.78 is 17.0. The molecule has 0 amide bonds. The van der Waals surface area contributed by atoms with Crippen LogP contribution in [-0.2, 0) is 28.6 Å². The van der Waals surface area contributed by atoms with E-state index in [1.165, 1.54) is 0 Å². The minimum absolute atomic E-state index is 0.0175. The molecular weight excluding hydrogens is 654 g/mol. The van der Waals surface area contributed by atoms with Crippen molar-refractivity contribution in [3.63, 3.8) is 0 Å². The maximum absolute atomic E-state index is 12.6. The van der Waals surface area contributed by atoms with Crippen molar-refractivity contribution in [2.45, 2.75) is 122 Å². The van der Waals surface area contributed by atoms with Gasteiger partial charge < -0.3 is 23.8 Å². The van der Waals surface area contributed by atoms with Crippen LogP contribution in [0.3, 0.4) is 0 Å². The number of carbonyl (C=O) groups is 3. The zero-order valence-corrected chi connectivity index (χ0v) is 33.0. The highest BCUT2D eigenvalue weighted by atomic mass is 16.6. The second kappa shape index (κ2) is 34.3. The van der Waals surface area contributed by atoms with E-state index in [0.717, 1.165) is 64.2 Å². The van der Waals surface area contributed by atoms with E-state index >= 15 is 0 Å². The van der Waals surface area contributed by atoms with Crippen molar-refractivity contribution in [1.82, 2.24) is 0 Å². The molecule has 0 aliphatic rings. The van der Waals surface area contributed by atoms with Crippen molar-refractivity contribution in [2.24, 2.45) is 0 Å². The zero-order chi connectivity index (χ0) is 38.5. The molecule has 0 saturated heterocycles. The van der Waals surface area contributed by atoms with E-state index in [2.05, 4.69) is 98.9 Å². The molecule has 0 fully saturated rings. The molecule has 0 heterocycles. The van der Waals surface area contributed by atoms with Crippen molar-refractivity contribution in [1.29, 1.82) is 0 Å². The third kappa shape index (κ3) is 32.2. The van der Waals surface area contributed by atoms with Gasteiger partial charge in [0.25, 0.3) is 0 Å². The summed E-state index contributed by atoms with van der Waals surface area (Å²) in [6.45, 7) is 4.33. The number of likely N-dealkylation sites (N-methyl/N-ethyl adjacent to an activating group) is 1. The summed E-state index contributed by atoms with van der Waals surface area (Å²) in [6, 6.07) is -0.635. The van der Waals surface area contributed by atoms with Gasteiger partial charge in [-0.15, -0.1) is 0 Å². The van der Waals surface area contributed by atoms with Crippen LogP contribution in [0.25, 0.3) is 0 Å².